The molecular formula is C19H35NO. The molecule has 0 saturated heterocycles. The van der Waals surface area contributed by atoms with Gasteiger partial charge in [0.25, 0.3) is 0 Å². The van der Waals surface area contributed by atoms with Crippen molar-refractivity contribution in [1.82, 2.24) is 4.98 Å². The smallest absolute Gasteiger partial charge is 0.126 e. The summed E-state index contributed by atoms with van der Waals surface area (Å²) in [6.45, 7) is 22.6. The number of Topliss-reactive ketones (excluding diaryl/α,β-unsaturated/α-hetero) is 1. The van der Waals surface area contributed by atoms with Crippen LogP contribution in [0.15, 0.2) is 31.5 Å². The molecule has 2 heteroatoms. The van der Waals surface area contributed by atoms with Crippen LogP contribution in [0.4, 0.5) is 0 Å². The molecule has 1 aromatic heterocycles. The molecule has 0 unspecified atom stereocenters. The normalized spacial score (nSPS) is 6.86. The minimum Gasteiger partial charge on any atom is -0.300 e. The SMILES string of the molecule is C=Cc1cccnc1C=C.CC.CC.CC(C)=O.CCC. The van der Waals surface area contributed by atoms with Crippen molar-refractivity contribution >= 4 is 17.9 Å². The molecule has 0 spiro atoms. The summed E-state index contributed by atoms with van der Waals surface area (Å²) in [6.07, 6.45) is 6.48. The second-order valence-corrected chi connectivity index (χ2v) is 3.50. The zero-order chi connectivity index (χ0) is 17.7. The minimum atomic E-state index is 0.167. The maximum Gasteiger partial charge on any atom is 0.126 e. The lowest BCUT2D eigenvalue weighted by atomic mass is 10.2. The highest BCUT2D eigenvalue weighted by molar-refractivity contribution is 5.72. The van der Waals surface area contributed by atoms with Gasteiger partial charge in [-0.05, 0) is 31.6 Å². The van der Waals surface area contributed by atoms with Crippen LogP contribution in [0.25, 0.3) is 12.2 Å². The first kappa shape index (κ1) is 27.6. The van der Waals surface area contributed by atoms with E-state index in [1.54, 1.807) is 18.3 Å². The summed E-state index contributed by atoms with van der Waals surface area (Å²) in [4.78, 5) is 13.5. The van der Waals surface area contributed by atoms with E-state index in [4.69, 9.17) is 0 Å². The van der Waals surface area contributed by atoms with Crippen LogP contribution in [0, 0.1) is 0 Å². The van der Waals surface area contributed by atoms with Gasteiger partial charge in [0.15, 0.2) is 0 Å². The Bertz CT molecular complexity index is 312. The van der Waals surface area contributed by atoms with Crippen molar-refractivity contribution in [2.45, 2.75) is 61.8 Å². The Hall–Kier alpha value is -1.70. The molecule has 2 nitrogen and oxygen atoms in total. The fourth-order valence-corrected chi connectivity index (χ4v) is 0.773. The minimum absolute atomic E-state index is 0.167. The van der Waals surface area contributed by atoms with Gasteiger partial charge in [0.1, 0.15) is 5.78 Å². The Morgan fingerprint density at radius 1 is 1.10 bits per heavy atom. The molecule has 0 bridgehead atoms. The molecule has 122 valence electrons. The molecule has 1 rings (SSSR count). The lowest BCUT2D eigenvalue weighted by Gasteiger charge is -1.95. The van der Waals surface area contributed by atoms with Gasteiger partial charge in [0.2, 0.25) is 0 Å². The average molecular weight is 293 g/mol. The monoisotopic (exact) mass is 293 g/mol. The highest BCUT2D eigenvalue weighted by atomic mass is 16.1. The Morgan fingerprint density at radius 3 is 1.71 bits per heavy atom. The number of pyridine rings is 1. The van der Waals surface area contributed by atoms with Crippen molar-refractivity contribution in [3.05, 3.63) is 42.7 Å². The fourth-order valence-electron chi connectivity index (χ4n) is 0.773. The average Bonchev–Trinajstić information content (AvgIpc) is 2.51. The quantitative estimate of drug-likeness (QED) is 0.628. The van der Waals surface area contributed by atoms with Crippen LogP contribution < -0.4 is 0 Å². The molecule has 1 heterocycles. The van der Waals surface area contributed by atoms with Gasteiger partial charge in [0.05, 0.1) is 5.69 Å². The summed E-state index contributed by atoms with van der Waals surface area (Å²) in [5, 5.41) is 0. The number of hydrogen-bond donors (Lipinski definition) is 0. The lowest BCUT2D eigenvalue weighted by molar-refractivity contribution is -0.114. The number of ketones is 1. The molecule has 0 aliphatic rings. The third-order valence-electron chi connectivity index (χ3n) is 1.28. The maximum absolute atomic E-state index is 9.44. The molecule has 0 fully saturated rings. The molecule has 0 N–H and O–H groups in total. The number of aromatic nitrogens is 1. The predicted octanol–water partition coefficient (Wildman–Crippen LogP) is 6.43. The topological polar surface area (TPSA) is 30.0 Å². The lowest BCUT2D eigenvalue weighted by Crippen LogP contribution is -1.82. The van der Waals surface area contributed by atoms with Crippen LogP contribution in [0.3, 0.4) is 0 Å². The summed E-state index contributed by atoms with van der Waals surface area (Å²) in [5.41, 5.74) is 1.91. The first-order valence-electron chi connectivity index (χ1n) is 7.70. The van der Waals surface area contributed by atoms with Crippen molar-refractivity contribution in [3.8, 4) is 0 Å². The predicted molar refractivity (Wildman–Crippen MR) is 99.4 cm³/mol. The molecule has 0 saturated carbocycles. The van der Waals surface area contributed by atoms with Gasteiger partial charge < -0.3 is 4.79 Å². The second kappa shape index (κ2) is 26.8. The number of carbonyl (C=O) groups is 1. The first-order valence-corrected chi connectivity index (χ1v) is 7.70. The molecule has 0 radical (unpaired) electrons. The standard InChI is InChI=1S/C9H9N.C3H6O.C3H8.2C2H6/c1-3-8-6-5-7-10-9(8)4-2;1-3(2)4;1-3-2;2*1-2/h3-7H,1-2H2;1-2H3;3H2,1-2H3;2*1-2H3. The van der Waals surface area contributed by atoms with Gasteiger partial charge >= 0.3 is 0 Å². The zero-order valence-corrected chi connectivity index (χ0v) is 15.4. The molecular weight excluding hydrogens is 258 g/mol. The summed E-state index contributed by atoms with van der Waals surface area (Å²) in [6, 6.07) is 3.83. The van der Waals surface area contributed by atoms with E-state index in [-0.39, 0.29) is 5.78 Å². The van der Waals surface area contributed by atoms with Crippen molar-refractivity contribution in [3.63, 3.8) is 0 Å². The van der Waals surface area contributed by atoms with Gasteiger partial charge in [0, 0.05) is 6.20 Å². The van der Waals surface area contributed by atoms with Gasteiger partial charge in [-0.2, -0.15) is 0 Å². The summed E-state index contributed by atoms with van der Waals surface area (Å²) in [7, 11) is 0. The molecule has 21 heavy (non-hydrogen) atoms. The Morgan fingerprint density at radius 2 is 1.48 bits per heavy atom. The fraction of sp³-hybridized carbons (Fsp3) is 0.474. The van der Waals surface area contributed by atoms with Crippen molar-refractivity contribution in [1.29, 1.82) is 0 Å². The number of hydrogen-bond acceptors (Lipinski definition) is 2. The van der Waals surface area contributed by atoms with E-state index >= 15 is 0 Å². The summed E-state index contributed by atoms with van der Waals surface area (Å²) < 4.78 is 0. The number of carbonyl (C=O) groups excluding carboxylic acids is 1. The molecule has 0 aliphatic carbocycles. The van der Waals surface area contributed by atoms with E-state index in [0.717, 1.165) is 11.3 Å². The second-order valence-electron chi connectivity index (χ2n) is 3.50. The van der Waals surface area contributed by atoms with Crippen LogP contribution >= 0.6 is 0 Å². The third kappa shape index (κ3) is 27.5. The Kier molecular flexibility index (Phi) is 35.2. The van der Waals surface area contributed by atoms with Crippen molar-refractivity contribution < 1.29 is 4.79 Å². The molecule has 0 amide bonds. The molecule has 0 aliphatic heterocycles. The van der Waals surface area contributed by atoms with Crippen LogP contribution in [0.1, 0.15) is 73.1 Å². The summed E-state index contributed by atoms with van der Waals surface area (Å²) in [5.74, 6) is 0.167. The highest BCUT2D eigenvalue weighted by Gasteiger charge is 1.91. The van der Waals surface area contributed by atoms with E-state index in [0.29, 0.717) is 0 Å². The van der Waals surface area contributed by atoms with Crippen LogP contribution in [-0.2, 0) is 4.79 Å². The van der Waals surface area contributed by atoms with E-state index in [2.05, 4.69) is 32.0 Å². The largest absolute Gasteiger partial charge is 0.300 e. The van der Waals surface area contributed by atoms with Crippen molar-refractivity contribution in [2.24, 2.45) is 0 Å². The van der Waals surface area contributed by atoms with Crippen LogP contribution in [0.2, 0.25) is 0 Å². The third-order valence-corrected chi connectivity index (χ3v) is 1.28. The van der Waals surface area contributed by atoms with Crippen LogP contribution in [0.5, 0.6) is 0 Å². The van der Waals surface area contributed by atoms with Gasteiger partial charge in [-0.3, -0.25) is 4.98 Å². The number of nitrogens with zero attached hydrogens (tertiary/aromatic N) is 1. The van der Waals surface area contributed by atoms with Crippen molar-refractivity contribution in [2.75, 3.05) is 0 Å². The first-order chi connectivity index (χ1) is 10.0. The van der Waals surface area contributed by atoms with Gasteiger partial charge in [-0.25, -0.2) is 0 Å². The summed E-state index contributed by atoms with van der Waals surface area (Å²) >= 11 is 0. The zero-order valence-electron chi connectivity index (χ0n) is 15.4. The van der Waals surface area contributed by atoms with Gasteiger partial charge in [-0.15, -0.1) is 0 Å². The van der Waals surface area contributed by atoms with E-state index in [9.17, 15) is 4.79 Å². The highest BCUT2D eigenvalue weighted by Crippen LogP contribution is 2.06. The Labute approximate surface area is 133 Å². The molecule has 0 atom stereocenters. The Balaban J connectivity index is -0.000000111. The maximum atomic E-state index is 9.44. The van der Waals surface area contributed by atoms with E-state index in [1.807, 2.05) is 39.8 Å². The van der Waals surface area contributed by atoms with Crippen LogP contribution in [-0.4, -0.2) is 10.8 Å². The van der Waals surface area contributed by atoms with Gasteiger partial charge in [-0.1, -0.05) is 73.3 Å². The number of rotatable bonds is 2. The van der Waals surface area contributed by atoms with E-state index in [1.165, 1.54) is 20.3 Å². The van der Waals surface area contributed by atoms with E-state index < -0.39 is 0 Å². The molecule has 1 aromatic rings. The molecule has 0 aromatic carbocycles.